The largest absolute Gasteiger partial charge is 0.383 e. The average molecular weight is 290 g/mol. The van der Waals surface area contributed by atoms with E-state index in [1.807, 2.05) is 13.8 Å². The van der Waals surface area contributed by atoms with Gasteiger partial charge in [0, 0.05) is 14.2 Å². The smallest absolute Gasteiger partial charge is 0.287 e. The van der Waals surface area contributed by atoms with Crippen LogP contribution in [-0.2, 0) is 16.0 Å². The molecule has 0 aliphatic carbocycles. The zero-order valence-electron chi connectivity index (χ0n) is 11.7. The second-order valence-electron chi connectivity index (χ2n) is 4.84. The first-order chi connectivity index (χ1) is 8.91. The van der Waals surface area contributed by atoms with E-state index in [0.29, 0.717) is 25.4 Å². The Kier molecular flexibility index (Phi) is 5.78. The molecule has 7 heteroatoms. The van der Waals surface area contributed by atoms with Crippen LogP contribution in [0.15, 0.2) is 11.0 Å². The summed E-state index contributed by atoms with van der Waals surface area (Å²) in [5.41, 5.74) is -0.176. The summed E-state index contributed by atoms with van der Waals surface area (Å²) in [5, 5.41) is 7.33. The maximum atomic E-state index is 12.0. The third-order valence-electron chi connectivity index (χ3n) is 2.47. The lowest BCUT2D eigenvalue weighted by molar-refractivity contribution is 0.158. The molecular formula is C12H20ClN3O3. The number of ether oxygens (including phenoxy) is 2. The van der Waals surface area contributed by atoms with E-state index < -0.39 is 0 Å². The van der Waals surface area contributed by atoms with Gasteiger partial charge < -0.3 is 14.8 Å². The van der Waals surface area contributed by atoms with Gasteiger partial charge in [-0.15, -0.1) is 0 Å². The molecule has 0 aromatic carbocycles. The van der Waals surface area contributed by atoms with Crippen LogP contribution in [0.3, 0.4) is 0 Å². The summed E-state index contributed by atoms with van der Waals surface area (Å²) in [7, 11) is 3.18. The average Bonchev–Trinajstić information content (AvgIpc) is 2.34. The Morgan fingerprint density at radius 2 is 2.11 bits per heavy atom. The first kappa shape index (κ1) is 15.9. The summed E-state index contributed by atoms with van der Waals surface area (Å²) in [6.07, 6.45) is 1.54. The van der Waals surface area contributed by atoms with Gasteiger partial charge in [0.2, 0.25) is 0 Å². The number of hydrogen-bond donors (Lipinski definition) is 1. The van der Waals surface area contributed by atoms with Gasteiger partial charge in [-0.3, -0.25) is 4.79 Å². The fourth-order valence-corrected chi connectivity index (χ4v) is 1.84. The predicted octanol–water partition coefficient (Wildman–Crippen LogP) is 1.38. The van der Waals surface area contributed by atoms with Crippen LogP contribution in [0.2, 0.25) is 5.02 Å². The monoisotopic (exact) mass is 289 g/mol. The van der Waals surface area contributed by atoms with Crippen molar-refractivity contribution >= 4 is 17.3 Å². The van der Waals surface area contributed by atoms with E-state index >= 15 is 0 Å². The van der Waals surface area contributed by atoms with Gasteiger partial charge in [-0.1, -0.05) is 11.6 Å². The highest BCUT2D eigenvalue weighted by atomic mass is 35.5. The van der Waals surface area contributed by atoms with Crippen LogP contribution in [0.4, 0.5) is 5.69 Å². The first-order valence-corrected chi connectivity index (χ1v) is 6.31. The molecule has 0 aliphatic heterocycles. The molecule has 0 saturated heterocycles. The van der Waals surface area contributed by atoms with E-state index in [1.165, 1.54) is 10.9 Å². The Morgan fingerprint density at radius 1 is 1.42 bits per heavy atom. The third kappa shape index (κ3) is 4.49. The Hall–Kier alpha value is -1.11. The number of halogens is 1. The fourth-order valence-electron chi connectivity index (χ4n) is 1.65. The minimum atomic E-state index is -0.342. The third-order valence-corrected chi connectivity index (χ3v) is 2.84. The molecule has 6 nitrogen and oxygen atoms in total. The number of nitrogens with zero attached hydrogens (tertiary/aromatic N) is 2. The van der Waals surface area contributed by atoms with Crippen molar-refractivity contribution in [1.29, 1.82) is 0 Å². The SMILES string of the molecule is COCCn1ncc(NC(C)(C)COC)c(Cl)c1=O. The lowest BCUT2D eigenvalue weighted by Crippen LogP contribution is -2.37. The van der Waals surface area contributed by atoms with Crippen LogP contribution in [0.1, 0.15) is 13.8 Å². The van der Waals surface area contributed by atoms with Crippen LogP contribution in [0.25, 0.3) is 0 Å². The fraction of sp³-hybridized carbons (Fsp3) is 0.667. The molecule has 0 spiro atoms. The summed E-state index contributed by atoms with van der Waals surface area (Å²) >= 11 is 6.07. The molecule has 0 radical (unpaired) electrons. The minimum absolute atomic E-state index is 0.121. The molecule has 0 saturated carbocycles. The van der Waals surface area contributed by atoms with E-state index in [0.717, 1.165) is 0 Å². The quantitative estimate of drug-likeness (QED) is 0.821. The molecular weight excluding hydrogens is 270 g/mol. The molecule has 0 bridgehead atoms. The van der Waals surface area contributed by atoms with Gasteiger partial charge in [-0.05, 0) is 13.8 Å². The van der Waals surface area contributed by atoms with Crippen LogP contribution >= 0.6 is 11.6 Å². The van der Waals surface area contributed by atoms with Crippen molar-refractivity contribution in [2.75, 3.05) is 32.8 Å². The van der Waals surface area contributed by atoms with Crippen LogP contribution in [-0.4, -0.2) is 42.8 Å². The van der Waals surface area contributed by atoms with E-state index in [4.69, 9.17) is 21.1 Å². The van der Waals surface area contributed by atoms with E-state index in [2.05, 4.69) is 10.4 Å². The van der Waals surface area contributed by atoms with E-state index in [9.17, 15) is 4.79 Å². The molecule has 108 valence electrons. The second kappa shape index (κ2) is 6.88. The van der Waals surface area contributed by atoms with Crippen LogP contribution in [0, 0.1) is 0 Å². The Bertz CT molecular complexity index is 474. The maximum absolute atomic E-state index is 12.0. The van der Waals surface area contributed by atoms with Gasteiger partial charge >= 0.3 is 0 Å². The second-order valence-corrected chi connectivity index (χ2v) is 5.21. The van der Waals surface area contributed by atoms with Gasteiger partial charge in [-0.25, -0.2) is 4.68 Å². The highest BCUT2D eigenvalue weighted by molar-refractivity contribution is 6.32. The van der Waals surface area contributed by atoms with Gasteiger partial charge in [0.05, 0.1) is 37.2 Å². The number of anilines is 1. The van der Waals surface area contributed by atoms with Gasteiger partial charge in [-0.2, -0.15) is 5.10 Å². The van der Waals surface area contributed by atoms with Gasteiger partial charge in [0.25, 0.3) is 5.56 Å². The van der Waals surface area contributed by atoms with Crippen LogP contribution in [0.5, 0.6) is 0 Å². The summed E-state index contributed by atoms with van der Waals surface area (Å²) in [5.74, 6) is 0. The Morgan fingerprint density at radius 3 is 2.68 bits per heavy atom. The highest BCUT2D eigenvalue weighted by Crippen LogP contribution is 2.20. The zero-order chi connectivity index (χ0) is 14.5. The molecule has 0 atom stereocenters. The van der Waals surface area contributed by atoms with Crippen molar-refractivity contribution in [1.82, 2.24) is 9.78 Å². The Balaban J connectivity index is 2.93. The lowest BCUT2D eigenvalue weighted by Gasteiger charge is -2.26. The normalized spacial score (nSPS) is 11.6. The van der Waals surface area contributed by atoms with Crippen molar-refractivity contribution in [3.8, 4) is 0 Å². The Labute approximate surface area is 117 Å². The summed E-state index contributed by atoms with van der Waals surface area (Å²) in [6, 6.07) is 0. The van der Waals surface area contributed by atoms with Crippen molar-refractivity contribution in [3.63, 3.8) is 0 Å². The molecule has 19 heavy (non-hydrogen) atoms. The standard InChI is InChI=1S/C12H20ClN3O3/c1-12(2,8-19-4)15-9-7-14-16(5-6-18-3)11(17)10(9)13/h7,15H,5-6,8H2,1-4H3. The molecule has 0 aliphatic rings. The van der Waals surface area contributed by atoms with E-state index in [1.54, 1.807) is 14.2 Å². The van der Waals surface area contributed by atoms with E-state index in [-0.39, 0.29) is 16.1 Å². The van der Waals surface area contributed by atoms with Crippen molar-refractivity contribution in [3.05, 3.63) is 21.6 Å². The number of hydrogen-bond acceptors (Lipinski definition) is 5. The van der Waals surface area contributed by atoms with Crippen molar-refractivity contribution in [2.45, 2.75) is 25.9 Å². The molecule has 1 heterocycles. The predicted molar refractivity (Wildman–Crippen MR) is 75.0 cm³/mol. The number of aromatic nitrogens is 2. The highest BCUT2D eigenvalue weighted by Gasteiger charge is 2.20. The lowest BCUT2D eigenvalue weighted by atomic mass is 10.1. The molecule has 1 rings (SSSR count). The number of methoxy groups -OCH3 is 2. The minimum Gasteiger partial charge on any atom is -0.383 e. The molecule has 1 aromatic heterocycles. The summed E-state index contributed by atoms with van der Waals surface area (Å²) < 4.78 is 11.3. The molecule has 0 fully saturated rings. The maximum Gasteiger partial charge on any atom is 0.287 e. The molecule has 1 N–H and O–H groups in total. The molecule has 0 unspecified atom stereocenters. The number of rotatable bonds is 7. The van der Waals surface area contributed by atoms with Gasteiger partial charge in [0.15, 0.2) is 0 Å². The number of nitrogens with one attached hydrogen (secondary N) is 1. The van der Waals surface area contributed by atoms with Crippen molar-refractivity contribution < 1.29 is 9.47 Å². The van der Waals surface area contributed by atoms with Crippen molar-refractivity contribution in [2.24, 2.45) is 0 Å². The zero-order valence-corrected chi connectivity index (χ0v) is 12.5. The first-order valence-electron chi connectivity index (χ1n) is 5.93. The summed E-state index contributed by atoms with van der Waals surface area (Å²) in [4.78, 5) is 12.0. The molecule has 1 aromatic rings. The summed E-state index contributed by atoms with van der Waals surface area (Å²) in [6.45, 7) is 5.16. The van der Waals surface area contributed by atoms with Gasteiger partial charge in [0.1, 0.15) is 5.02 Å². The topological polar surface area (TPSA) is 65.4 Å². The molecule has 0 amide bonds. The van der Waals surface area contributed by atoms with Crippen LogP contribution < -0.4 is 10.9 Å².